The molecule has 0 aliphatic carbocycles. The highest BCUT2D eigenvalue weighted by Gasteiger charge is 2.08. The first-order valence-corrected chi connectivity index (χ1v) is 7.26. The Morgan fingerprint density at radius 2 is 2.20 bits per heavy atom. The zero-order valence-corrected chi connectivity index (χ0v) is 12.1. The summed E-state index contributed by atoms with van der Waals surface area (Å²) in [5.41, 5.74) is 3.17. The van der Waals surface area contributed by atoms with E-state index in [-0.39, 0.29) is 6.04 Å². The van der Waals surface area contributed by atoms with Crippen molar-refractivity contribution in [2.24, 2.45) is 0 Å². The SMILES string of the molecule is Cc1ccc(NC(C)c2cccs2)cc1-n1cnnn1. The lowest BCUT2D eigenvalue weighted by atomic mass is 10.1. The number of benzene rings is 1. The van der Waals surface area contributed by atoms with E-state index in [1.54, 1.807) is 22.3 Å². The Morgan fingerprint density at radius 3 is 2.90 bits per heavy atom. The van der Waals surface area contributed by atoms with Crippen LogP contribution < -0.4 is 5.32 Å². The number of thiophene rings is 1. The molecule has 1 aromatic carbocycles. The maximum atomic E-state index is 3.95. The molecule has 0 radical (unpaired) electrons. The van der Waals surface area contributed by atoms with Gasteiger partial charge in [-0.1, -0.05) is 12.1 Å². The van der Waals surface area contributed by atoms with E-state index in [1.807, 2.05) is 6.92 Å². The van der Waals surface area contributed by atoms with E-state index in [1.165, 1.54) is 4.88 Å². The Balaban J connectivity index is 1.86. The number of aryl methyl sites for hydroxylation is 1. The Bertz CT molecular complexity index is 676. The lowest BCUT2D eigenvalue weighted by Crippen LogP contribution is -2.06. The van der Waals surface area contributed by atoms with Gasteiger partial charge >= 0.3 is 0 Å². The first-order chi connectivity index (χ1) is 9.74. The van der Waals surface area contributed by atoms with Crippen molar-refractivity contribution in [3.05, 3.63) is 52.5 Å². The molecule has 0 bridgehead atoms. The molecule has 0 fully saturated rings. The zero-order chi connectivity index (χ0) is 13.9. The molecule has 102 valence electrons. The van der Waals surface area contributed by atoms with Crippen molar-refractivity contribution >= 4 is 17.0 Å². The highest BCUT2D eigenvalue weighted by atomic mass is 32.1. The molecule has 1 N–H and O–H groups in total. The number of hydrogen-bond donors (Lipinski definition) is 1. The van der Waals surface area contributed by atoms with Gasteiger partial charge in [0.05, 0.1) is 11.7 Å². The molecule has 0 amide bonds. The Morgan fingerprint density at radius 1 is 1.30 bits per heavy atom. The fraction of sp³-hybridized carbons (Fsp3) is 0.214. The second-order valence-electron chi connectivity index (χ2n) is 4.64. The van der Waals surface area contributed by atoms with Gasteiger partial charge in [-0.05, 0) is 53.4 Å². The summed E-state index contributed by atoms with van der Waals surface area (Å²) in [5, 5.41) is 16.9. The van der Waals surface area contributed by atoms with Crippen LogP contribution in [0.1, 0.15) is 23.4 Å². The maximum Gasteiger partial charge on any atom is 0.143 e. The zero-order valence-electron chi connectivity index (χ0n) is 11.3. The number of aromatic nitrogens is 4. The number of rotatable bonds is 4. The second-order valence-corrected chi connectivity index (χ2v) is 5.62. The molecule has 0 spiro atoms. The van der Waals surface area contributed by atoms with Crippen molar-refractivity contribution in [3.8, 4) is 5.69 Å². The minimum absolute atomic E-state index is 0.277. The van der Waals surface area contributed by atoms with Crippen LogP contribution in [0, 0.1) is 6.92 Å². The fourth-order valence-electron chi connectivity index (χ4n) is 2.08. The molecule has 6 heteroatoms. The van der Waals surface area contributed by atoms with Crippen LogP contribution in [0.4, 0.5) is 5.69 Å². The summed E-state index contributed by atoms with van der Waals surface area (Å²) in [7, 11) is 0. The van der Waals surface area contributed by atoms with Crippen LogP contribution >= 0.6 is 11.3 Å². The third kappa shape index (κ3) is 2.55. The van der Waals surface area contributed by atoms with E-state index in [9.17, 15) is 0 Å². The molecule has 3 aromatic rings. The normalized spacial score (nSPS) is 12.3. The van der Waals surface area contributed by atoms with Gasteiger partial charge in [-0.15, -0.1) is 16.4 Å². The minimum atomic E-state index is 0.277. The molecule has 2 heterocycles. The summed E-state index contributed by atoms with van der Waals surface area (Å²) < 4.78 is 1.68. The van der Waals surface area contributed by atoms with Gasteiger partial charge in [-0.3, -0.25) is 0 Å². The van der Waals surface area contributed by atoms with E-state index in [4.69, 9.17) is 0 Å². The molecule has 2 aromatic heterocycles. The van der Waals surface area contributed by atoms with Gasteiger partial charge in [0.25, 0.3) is 0 Å². The predicted molar refractivity (Wildman–Crippen MR) is 80.2 cm³/mol. The third-order valence-corrected chi connectivity index (χ3v) is 4.21. The van der Waals surface area contributed by atoms with E-state index in [0.717, 1.165) is 16.9 Å². The number of hydrogen-bond acceptors (Lipinski definition) is 5. The van der Waals surface area contributed by atoms with E-state index >= 15 is 0 Å². The highest BCUT2D eigenvalue weighted by molar-refractivity contribution is 7.10. The molecule has 0 saturated carbocycles. The maximum absolute atomic E-state index is 3.95. The number of anilines is 1. The summed E-state index contributed by atoms with van der Waals surface area (Å²) in [6, 6.07) is 10.7. The minimum Gasteiger partial charge on any atom is -0.378 e. The molecule has 0 saturated heterocycles. The van der Waals surface area contributed by atoms with Crippen LogP contribution in [-0.4, -0.2) is 20.2 Å². The first-order valence-electron chi connectivity index (χ1n) is 6.38. The van der Waals surface area contributed by atoms with E-state index in [0.29, 0.717) is 0 Å². The van der Waals surface area contributed by atoms with Crippen molar-refractivity contribution in [1.29, 1.82) is 0 Å². The fourth-order valence-corrected chi connectivity index (χ4v) is 2.81. The van der Waals surface area contributed by atoms with Gasteiger partial charge in [-0.2, -0.15) is 0 Å². The number of nitrogens with one attached hydrogen (secondary N) is 1. The third-order valence-electron chi connectivity index (χ3n) is 3.16. The molecule has 20 heavy (non-hydrogen) atoms. The summed E-state index contributed by atoms with van der Waals surface area (Å²) in [6.45, 7) is 4.20. The van der Waals surface area contributed by atoms with Gasteiger partial charge < -0.3 is 5.32 Å². The van der Waals surface area contributed by atoms with Gasteiger partial charge in [0.2, 0.25) is 0 Å². The van der Waals surface area contributed by atoms with Crippen LogP contribution in [-0.2, 0) is 0 Å². The van der Waals surface area contributed by atoms with Crippen molar-refractivity contribution in [2.75, 3.05) is 5.32 Å². The smallest absolute Gasteiger partial charge is 0.143 e. The molecule has 1 unspecified atom stereocenters. The lowest BCUT2D eigenvalue weighted by Gasteiger charge is -2.15. The molecule has 0 aliphatic rings. The van der Waals surface area contributed by atoms with E-state index in [2.05, 4.69) is 63.5 Å². The van der Waals surface area contributed by atoms with Crippen LogP contribution in [0.15, 0.2) is 42.0 Å². The average molecular weight is 285 g/mol. The van der Waals surface area contributed by atoms with Crippen LogP contribution in [0.5, 0.6) is 0 Å². The number of nitrogens with zero attached hydrogens (tertiary/aromatic N) is 4. The Labute approximate surface area is 121 Å². The quantitative estimate of drug-likeness (QED) is 0.799. The van der Waals surface area contributed by atoms with Crippen molar-refractivity contribution < 1.29 is 0 Å². The van der Waals surface area contributed by atoms with Crippen molar-refractivity contribution in [3.63, 3.8) is 0 Å². The largest absolute Gasteiger partial charge is 0.378 e. The van der Waals surface area contributed by atoms with Gasteiger partial charge in [0, 0.05) is 10.6 Å². The molecular formula is C14H15N5S. The molecule has 1 atom stereocenters. The predicted octanol–water partition coefficient (Wildman–Crippen LogP) is 3.21. The summed E-state index contributed by atoms with van der Waals surface area (Å²) in [5.74, 6) is 0. The molecule has 3 rings (SSSR count). The van der Waals surface area contributed by atoms with Crippen molar-refractivity contribution in [2.45, 2.75) is 19.9 Å². The standard InChI is InChI=1S/C14H15N5S/c1-10-5-6-12(8-13(10)19-9-15-17-18-19)16-11(2)14-4-3-7-20-14/h3-9,11,16H,1-2H3. The van der Waals surface area contributed by atoms with Gasteiger partial charge in [0.15, 0.2) is 0 Å². The first kappa shape index (κ1) is 12.8. The van der Waals surface area contributed by atoms with Gasteiger partial charge in [0.1, 0.15) is 6.33 Å². The monoisotopic (exact) mass is 285 g/mol. The molecule has 5 nitrogen and oxygen atoms in total. The van der Waals surface area contributed by atoms with E-state index < -0.39 is 0 Å². The summed E-state index contributed by atoms with van der Waals surface area (Å²) in [4.78, 5) is 1.31. The molecule has 0 aliphatic heterocycles. The topological polar surface area (TPSA) is 55.6 Å². The highest BCUT2D eigenvalue weighted by Crippen LogP contribution is 2.25. The van der Waals surface area contributed by atoms with Crippen LogP contribution in [0.25, 0.3) is 5.69 Å². The van der Waals surface area contributed by atoms with Crippen LogP contribution in [0.2, 0.25) is 0 Å². The summed E-state index contributed by atoms with van der Waals surface area (Å²) in [6.07, 6.45) is 1.61. The Kier molecular flexibility index (Phi) is 3.47. The Hall–Kier alpha value is -2.21. The summed E-state index contributed by atoms with van der Waals surface area (Å²) >= 11 is 1.76. The lowest BCUT2D eigenvalue weighted by molar-refractivity contribution is 0.785. The average Bonchev–Trinajstić information content (AvgIpc) is 3.14. The van der Waals surface area contributed by atoms with Gasteiger partial charge in [-0.25, -0.2) is 4.68 Å². The van der Waals surface area contributed by atoms with Crippen LogP contribution in [0.3, 0.4) is 0 Å². The number of tetrazole rings is 1. The second kappa shape index (κ2) is 5.42. The molecular weight excluding hydrogens is 270 g/mol. The van der Waals surface area contributed by atoms with Crippen molar-refractivity contribution in [1.82, 2.24) is 20.2 Å².